The summed E-state index contributed by atoms with van der Waals surface area (Å²) in [5.74, 6) is 0.927. The molecular weight excluding hydrogens is 281 g/mol. The first-order valence-corrected chi connectivity index (χ1v) is 8.24. The average Bonchev–Trinajstić information content (AvgIpc) is 2.63. The smallest absolute Gasteiger partial charge is 0.399 e. The van der Waals surface area contributed by atoms with Crippen LogP contribution in [0.3, 0.4) is 0 Å². The largest absolute Gasteiger partial charge is 0.494 e. The summed E-state index contributed by atoms with van der Waals surface area (Å²) in [7, 11) is 1.77. The Hall–Kier alpha value is -0.905. The molecular formula is C16H22BNO2S. The fourth-order valence-corrected chi connectivity index (χ4v) is 3.57. The molecule has 0 atom stereocenters. The van der Waals surface area contributed by atoms with Crippen molar-refractivity contribution in [2.45, 2.75) is 43.8 Å². The molecule has 0 aliphatic carbocycles. The SMILES string of the molecule is C=C1CSc2cc(B3OC(C)(C)C(C)(C)O3)ccc2N1C. The van der Waals surface area contributed by atoms with Gasteiger partial charge in [0.05, 0.1) is 16.9 Å². The van der Waals surface area contributed by atoms with Crippen LogP contribution in [0.25, 0.3) is 0 Å². The first-order chi connectivity index (χ1) is 9.71. The van der Waals surface area contributed by atoms with Gasteiger partial charge in [0.1, 0.15) is 0 Å². The van der Waals surface area contributed by atoms with E-state index in [2.05, 4.69) is 64.4 Å². The molecule has 2 aliphatic heterocycles. The van der Waals surface area contributed by atoms with Crippen molar-refractivity contribution in [2.24, 2.45) is 0 Å². The minimum atomic E-state index is -0.300. The topological polar surface area (TPSA) is 21.7 Å². The van der Waals surface area contributed by atoms with Crippen LogP contribution in [0, 0.1) is 0 Å². The van der Waals surface area contributed by atoms with Crippen molar-refractivity contribution < 1.29 is 9.31 Å². The number of anilines is 1. The highest BCUT2D eigenvalue weighted by molar-refractivity contribution is 7.99. The summed E-state index contributed by atoms with van der Waals surface area (Å²) in [5, 5.41) is 0. The second-order valence-electron chi connectivity index (χ2n) is 6.73. The zero-order chi connectivity index (χ0) is 15.4. The molecule has 5 heteroatoms. The van der Waals surface area contributed by atoms with Crippen LogP contribution in [-0.4, -0.2) is 31.1 Å². The van der Waals surface area contributed by atoms with Crippen LogP contribution in [0.15, 0.2) is 35.4 Å². The van der Waals surface area contributed by atoms with Gasteiger partial charge < -0.3 is 14.2 Å². The van der Waals surface area contributed by atoms with Crippen LogP contribution >= 0.6 is 11.8 Å². The molecule has 0 amide bonds. The summed E-state index contributed by atoms with van der Waals surface area (Å²) in [4.78, 5) is 3.41. The number of benzene rings is 1. The Labute approximate surface area is 131 Å². The van der Waals surface area contributed by atoms with E-state index in [-0.39, 0.29) is 18.3 Å². The van der Waals surface area contributed by atoms with Crippen molar-refractivity contribution in [1.29, 1.82) is 0 Å². The molecule has 1 saturated heterocycles. The highest BCUT2D eigenvalue weighted by Crippen LogP contribution is 2.39. The van der Waals surface area contributed by atoms with E-state index in [0.717, 1.165) is 16.9 Å². The van der Waals surface area contributed by atoms with Gasteiger partial charge in [0.2, 0.25) is 0 Å². The standard InChI is InChI=1S/C16H22BNO2S/c1-11-10-21-14-9-12(7-8-13(14)18(11)6)17-19-15(2,3)16(4,5)20-17/h7-9H,1,10H2,2-6H3. The molecule has 3 nitrogen and oxygen atoms in total. The third-order valence-electron chi connectivity index (χ3n) is 4.74. The number of fused-ring (bicyclic) bond motifs is 1. The van der Waals surface area contributed by atoms with Gasteiger partial charge in [-0.25, -0.2) is 0 Å². The van der Waals surface area contributed by atoms with Gasteiger partial charge in [-0.1, -0.05) is 12.6 Å². The van der Waals surface area contributed by atoms with Crippen molar-refractivity contribution >= 4 is 30.0 Å². The molecule has 112 valence electrons. The molecule has 1 fully saturated rings. The minimum absolute atomic E-state index is 0.295. The van der Waals surface area contributed by atoms with Crippen molar-refractivity contribution in [3.63, 3.8) is 0 Å². The first kappa shape index (κ1) is 15.0. The number of nitrogens with zero attached hydrogens (tertiary/aromatic N) is 1. The Bertz CT molecular complexity index is 584. The van der Waals surface area contributed by atoms with Crippen molar-refractivity contribution in [3.8, 4) is 0 Å². The summed E-state index contributed by atoms with van der Waals surface area (Å²) in [6.45, 7) is 12.4. The number of hydrogen-bond donors (Lipinski definition) is 0. The van der Waals surface area contributed by atoms with Gasteiger partial charge >= 0.3 is 7.12 Å². The lowest BCUT2D eigenvalue weighted by molar-refractivity contribution is 0.00578. The number of hydrogen-bond acceptors (Lipinski definition) is 4. The normalized spacial score (nSPS) is 23.4. The highest BCUT2D eigenvalue weighted by Gasteiger charge is 2.51. The maximum atomic E-state index is 6.13. The molecule has 0 saturated carbocycles. The number of thioether (sulfide) groups is 1. The molecule has 0 spiro atoms. The zero-order valence-electron chi connectivity index (χ0n) is 13.4. The van der Waals surface area contributed by atoms with E-state index in [0.29, 0.717) is 0 Å². The average molecular weight is 303 g/mol. The Morgan fingerprint density at radius 1 is 1.19 bits per heavy atom. The molecule has 2 aliphatic rings. The lowest BCUT2D eigenvalue weighted by Gasteiger charge is -2.32. The Balaban J connectivity index is 1.91. The van der Waals surface area contributed by atoms with Crippen LogP contribution in [0.4, 0.5) is 5.69 Å². The van der Waals surface area contributed by atoms with E-state index in [9.17, 15) is 0 Å². The molecule has 0 aromatic heterocycles. The van der Waals surface area contributed by atoms with Crippen molar-refractivity contribution in [3.05, 3.63) is 30.5 Å². The molecule has 0 N–H and O–H groups in total. The fourth-order valence-electron chi connectivity index (χ4n) is 2.48. The van der Waals surface area contributed by atoms with E-state index in [1.807, 2.05) is 11.8 Å². The maximum Gasteiger partial charge on any atom is 0.494 e. The second kappa shape index (κ2) is 4.80. The van der Waals surface area contributed by atoms with E-state index in [4.69, 9.17) is 9.31 Å². The van der Waals surface area contributed by atoms with Gasteiger partial charge in [0.25, 0.3) is 0 Å². The quantitative estimate of drug-likeness (QED) is 0.743. The second-order valence-corrected chi connectivity index (χ2v) is 7.75. The van der Waals surface area contributed by atoms with Crippen LogP contribution < -0.4 is 10.4 Å². The predicted octanol–water partition coefficient (Wildman–Crippen LogP) is 3.04. The van der Waals surface area contributed by atoms with Gasteiger partial charge in [-0.2, -0.15) is 0 Å². The van der Waals surface area contributed by atoms with Crippen LogP contribution in [0.2, 0.25) is 0 Å². The summed E-state index contributed by atoms with van der Waals surface area (Å²) in [6.07, 6.45) is 0. The number of rotatable bonds is 1. The Morgan fingerprint density at radius 2 is 1.81 bits per heavy atom. The Kier molecular flexibility index (Phi) is 3.43. The van der Waals surface area contributed by atoms with Gasteiger partial charge in [0, 0.05) is 23.4 Å². The van der Waals surface area contributed by atoms with E-state index >= 15 is 0 Å². The van der Waals surface area contributed by atoms with Crippen molar-refractivity contribution in [1.82, 2.24) is 0 Å². The lowest BCUT2D eigenvalue weighted by atomic mass is 9.79. The van der Waals surface area contributed by atoms with Crippen LogP contribution in [0.1, 0.15) is 27.7 Å². The summed E-state index contributed by atoms with van der Waals surface area (Å²) in [6, 6.07) is 6.41. The maximum absolute atomic E-state index is 6.13. The van der Waals surface area contributed by atoms with Gasteiger partial charge in [-0.15, -0.1) is 11.8 Å². The first-order valence-electron chi connectivity index (χ1n) is 7.25. The molecule has 1 aromatic rings. The van der Waals surface area contributed by atoms with Gasteiger partial charge in [0.15, 0.2) is 0 Å². The Morgan fingerprint density at radius 3 is 2.43 bits per heavy atom. The summed E-state index contributed by atoms with van der Waals surface area (Å²) >= 11 is 1.82. The van der Waals surface area contributed by atoms with E-state index in [1.54, 1.807) is 0 Å². The minimum Gasteiger partial charge on any atom is -0.399 e. The highest BCUT2D eigenvalue weighted by atomic mass is 32.2. The summed E-state index contributed by atoms with van der Waals surface area (Å²) in [5.41, 5.74) is 2.82. The molecule has 21 heavy (non-hydrogen) atoms. The van der Waals surface area contributed by atoms with E-state index < -0.39 is 0 Å². The van der Waals surface area contributed by atoms with Crippen molar-refractivity contribution in [2.75, 3.05) is 17.7 Å². The van der Waals surface area contributed by atoms with Gasteiger partial charge in [-0.3, -0.25) is 0 Å². The molecule has 1 aromatic carbocycles. The van der Waals surface area contributed by atoms with Gasteiger partial charge in [-0.05, 0) is 45.3 Å². The molecule has 0 unspecified atom stereocenters. The zero-order valence-corrected chi connectivity index (χ0v) is 14.2. The summed E-state index contributed by atoms with van der Waals surface area (Å²) < 4.78 is 12.3. The molecule has 3 rings (SSSR count). The van der Waals surface area contributed by atoms with E-state index in [1.165, 1.54) is 10.6 Å². The monoisotopic (exact) mass is 303 g/mol. The lowest BCUT2D eigenvalue weighted by Crippen LogP contribution is -2.41. The molecule has 0 radical (unpaired) electrons. The predicted molar refractivity (Wildman–Crippen MR) is 90.4 cm³/mol. The molecule has 0 bridgehead atoms. The third kappa shape index (κ3) is 2.41. The third-order valence-corrected chi connectivity index (χ3v) is 5.85. The van der Waals surface area contributed by atoms with Crippen LogP contribution in [0.5, 0.6) is 0 Å². The molecule has 2 heterocycles. The van der Waals surface area contributed by atoms with Crippen LogP contribution in [-0.2, 0) is 9.31 Å². The fraction of sp³-hybridized carbons (Fsp3) is 0.500.